The molecule has 0 unspecified atom stereocenters. The van der Waals surface area contributed by atoms with Gasteiger partial charge in [-0.15, -0.1) is 0 Å². The van der Waals surface area contributed by atoms with E-state index in [-0.39, 0.29) is 0 Å². The molecule has 1 aromatic heterocycles. The summed E-state index contributed by atoms with van der Waals surface area (Å²) in [6.07, 6.45) is 0.236. The van der Waals surface area contributed by atoms with Gasteiger partial charge in [0.2, 0.25) is 0 Å². The molecule has 1 amide bonds. The second-order valence-electron chi connectivity index (χ2n) is 5.88. The minimum Gasteiger partial charge on any atom is -0.444 e. The summed E-state index contributed by atoms with van der Waals surface area (Å²) in [5.41, 5.74) is 1.34. The Kier molecular flexibility index (Phi) is 5.50. The van der Waals surface area contributed by atoms with E-state index in [2.05, 4.69) is 32.9 Å². The molecule has 0 spiro atoms. The van der Waals surface area contributed by atoms with E-state index >= 15 is 0 Å². The topological polar surface area (TPSA) is 54.1 Å². The van der Waals surface area contributed by atoms with Crippen molar-refractivity contribution in [1.82, 2.24) is 10.3 Å². The van der Waals surface area contributed by atoms with E-state index in [1.54, 1.807) is 6.07 Å². The number of fused-ring (bicyclic) bond motifs is 1. The largest absolute Gasteiger partial charge is 0.444 e. The number of halogens is 3. The molecule has 0 aliphatic carbocycles. The average Bonchev–Trinajstić information content (AvgIpc) is 2.70. The molecule has 0 fully saturated rings. The summed E-state index contributed by atoms with van der Waals surface area (Å²) in [5.74, 6) is 0. The van der Waals surface area contributed by atoms with Gasteiger partial charge < -0.3 is 15.0 Å². The quantitative estimate of drug-likeness (QED) is 0.630. The van der Waals surface area contributed by atoms with E-state index in [1.165, 1.54) is 0 Å². The second kappa shape index (κ2) is 6.84. The molecule has 2 N–H and O–H groups in total. The summed E-state index contributed by atoms with van der Waals surface area (Å²) in [6.45, 7) is 5.97. The molecule has 4 nitrogen and oxygen atoms in total. The Balaban J connectivity index is 2.05. The van der Waals surface area contributed by atoms with Crippen LogP contribution in [0.5, 0.6) is 0 Å². The fraction of sp³-hybridized carbons (Fsp3) is 0.400. The molecule has 7 heteroatoms. The van der Waals surface area contributed by atoms with Crippen LogP contribution in [0.1, 0.15) is 26.5 Å². The van der Waals surface area contributed by atoms with E-state index in [0.29, 0.717) is 23.0 Å². The number of aromatic amines is 1. The highest BCUT2D eigenvalue weighted by Gasteiger charge is 2.17. The van der Waals surface area contributed by atoms with Crippen molar-refractivity contribution in [3.63, 3.8) is 0 Å². The lowest BCUT2D eigenvalue weighted by molar-refractivity contribution is 0.0528. The van der Waals surface area contributed by atoms with Gasteiger partial charge in [-0.1, -0.05) is 29.3 Å². The standard InChI is InChI=1S/C15H17Cl2IN2O2/c1-15(2,3)22-14(21)19-7-6-10-12(18)8-4-5-9(16)11(17)13(8)20-10/h4-5,20H,6-7H2,1-3H3,(H,19,21). The summed E-state index contributed by atoms with van der Waals surface area (Å²) in [7, 11) is 0. The van der Waals surface area contributed by atoms with Gasteiger partial charge in [0.15, 0.2) is 0 Å². The van der Waals surface area contributed by atoms with Crippen LogP contribution < -0.4 is 5.32 Å². The number of alkyl carbamates (subject to hydrolysis) is 1. The smallest absolute Gasteiger partial charge is 0.407 e. The first-order valence-electron chi connectivity index (χ1n) is 6.80. The zero-order valence-corrected chi connectivity index (χ0v) is 16.2. The number of H-pyrrole nitrogens is 1. The Morgan fingerprint density at radius 1 is 1.36 bits per heavy atom. The first kappa shape index (κ1) is 17.7. The Hall–Kier alpha value is -0.660. The Morgan fingerprint density at radius 2 is 2.05 bits per heavy atom. The third-order valence-corrected chi connectivity index (χ3v) is 4.95. The fourth-order valence-corrected chi connectivity index (χ4v) is 3.22. The first-order chi connectivity index (χ1) is 10.2. The van der Waals surface area contributed by atoms with Crippen LogP contribution in [0.3, 0.4) is 0 Å². The molecule has 2 rings (SSSR count). The average molecular weight is 455 g/mol. The number of benzene rings is 1. The zero-order chi connectivity index (χ0) is 16.5. The molecular weight excluding hydrogens is 438 g/mol. The molecule has 1 heterocycles. The van der Waals surface area contributed by atoms with Gasteiger partial charge in [0.05, 0.1) is 15.6 Å². The van der Waals surface area contributed by atoms with Gasteiger partial charge >= 0.3 is 6.09 Å². The number of hydrogen-bond acceptors (Lipinski definition) is 2. The highest BCUT2D eigenvalue weighted by Crippen LogP contribution is 2.34. The maximum Gasteiger partial charge on any atom is 0.407 e. The SMILES string of the molecule is CC(C)(C)OC(=O)NCCc1[nH]c2c(Cl)c(Cl)ccc2c1I. The summed E-state index contributed by atoms with van der Waals surface area (Å²) in [4.78, 5) is 14.9. The molecule has 22 heavy (non-hydrogen) atoms. The van der Waals surface area contributed by atoms with E-state index < -0.39 is 11.7 Å². The molecule has 0 saturated heterocycles. The Labute approximate surface area is 153 Å². The van der Waals surface area contributed by atoms with Crippen LogP contribution >= 0.6 is 45.8 Å². The van der Waals surface area contributed by atoms with Gasteiger partial charge in [0.25, 0.3) is 0 Å². The second-order valence-corrected chi connectivity index (χ2v) is 7.74. The van der Waals surface area contributed by atoms with Crippen molar-refractivity contribution in [2.24, 2.45) is 0 Å². The van der Waals surface area contributed by atoms with Crippen LogP contribution in [0, 0.1) is 3.57 Å². The predicted molar refractivity (Wildman–Crippen MR) is 99.0 cm³/mol. The molecule has 0 saturated carbocycles. The number of hydrogen-bond donors (Lipinski definition) is 2. The molecular formula is C15H17Cl2IN2O2. The molecule has 1 aromatic carbocycles. The Bertz CT molecular complexity index is 708. The van der Waals surface area contributed by atoms with Gasteiger partial charge in [0.1, 0.15) is 5.60 Å². The van der Waals surface area contributed by atoms with Crippen LogP contribution in [-0.2, 0) is 11.2 Å². The van der Waals surface area contributed by atoms with Crippen molar-refractivity contribution in [3.8, 4) is 0 Å². The third kappa shape index (κ3) is 4.20. The van der Waals surface area contributed by atoms with E-state index in [9.17, 15) is 4.79 Å². The van der Waals surface area contributed by atoms with Gasteiger partial charge in [-0.25, -0.2) is 4.79 Å². The maximum atomic E-state index is 11.6. The van der Waals surface area contributed by atoms with Gasteiger partial charge in [-0.3, -0.25) is 0 Å². The van der Waals surface area contributed by atoms with Gasteiger partial charge in [0, 0.05) is 27.6 Å². The van der Waals surface area contributed by atoms with E-state index in [4.69, 9.17) is 27.9 Å². The highest BCUT2D eigenvalue weighted by atomic mass is 127. The lowest BCUT2D eigenvalue weighted by atomic mass is 10.2. The van der Waals surface area contributed by atoms with Crippen LogP contribution in [0.2, 0.25) is 10.0 Å². The third-order valence-electron chi connectivity index (χ3n) is 2.92. The monoisotopic (exact) mass is 454 g/mol. The van der Waals surface area contributed by atoms with Crippen molar-refractivity contribution >= 4 is 62.8 Å². The van der Waals surface area contributed by atoms with Crippen molar-refractivity contribution < 1.29 is 9.53 Å². The minimum absolute atomic E-state index is 0.417. The number of carbonyl (C=O) groups is 1. The normalized spacial score (nSPS) is 11.7. The number of nitrogens with one attached hydrogen (secondary N) is 2. The van der Waals surface area contributed by atoms with E-state index in [0.717, 1.165) is 20.2 Å². The molecule has 120 valence electrons. The molecule has 0 atom stereocenters. The van der Waals surface area contributed by atoms with E-state index in [1.807, 2.05) is 26.8 Å². The Morgan fingerprint density at radius 3 is 2.68 bits per heavy atom. The van der Waals surface area contributed by atoms with Crippen LogP contribution in [0.15, 0.2) is 12.1 Å². The molecule has 0 radical (unpaired) electrons. The summed E-state index contributed by atoms with van der Waals surface area (Å²) in [5, 5.41) is 4.81. The van der Waals surface area contributed by atoms with Crippen LogP contribution in [-0.4, -0.2) is 23.2 Å². The number of aromatic nitrogens is 1. The predicted octanol–water partition coefficient (Wildman–Crippen LogP) is 5.15. The number of rotatable bonds is 3. The van der Waals surface area contributed by atoms with Crippen LogP contribution in [0.25, 0.3) is 10.9 Å². The molecule has 0 bridgehead atoms. The fourth-order valence-electron chi connectivity index (χ4n) is 2.00. The summed E-state index contributed by atoms with van der Waals surface area (Å²) in [6, 6.07) is 3.72. The summed E-state index contributed by atoms with van der Waals surface area (Å²) < 4.78 is 6.28. The van der Waals surface area contributed by atoms with Gasteiger partial charge in [-0.2, -0.15) is 0 Å². The van der Waals surface area contributed by atoms with Crippen LogP contribution in [0.4, 0.5) is 4.79 Å². The minimum atomic E-state index is -0.496. The van der Waals surface area contributed by atoms with Gasteiger partial charge in [-0.05, 0) is 49.4 Å². The van der Waals surface area contributed by atoms with Crippen molar-refractivity contribution in [2.45, 2.75) is 32.8 Å². The summed E-state index contributed by atoms with van der Waals surface area (Å²) >= 11 is 14.5. The van der Waals surface area contributed by atoms with Crippen molar-refractivity contribution in [1.29, 1.82) is 0 Å². The lowest BCUT2D eigenvalue weighted by Gasteiger charge is -2.19. The molecule has 2 aromatic rings. The number of amides is 1. The number of ether oxygens (including phenoxy) is 1. The maximum absolute atomic E-state index is 11.6. The number of carbonyl (C=O) groups excluding carboxylic acids is 1. The first-order valence-corrected chi connectivity index (χ1v) is 8.63. The van der Waals surface area contributed by atoms with Crippen molar-refractivity contribution in [3.05, 3.63) is 31.4 Å². The highest BCUT2D eigenvalue weighted by molar-refractivity contribution is 14.1. The molecule has 0 aliphatic rings. The molecule has 0 aliphatic heterocycles. The lowest BCUT2D eigenvalue weighted by Crippen LogP contribution is -2.33. The van der Waals surface area contributed by atoms with Crippen molar-refractivity contribution in [2.75, 3.05) is 6.54 Å². The zero-order valence-electron chi connectivity index (χ0n) is 12.5.